The summed E-state index contributed by atoms with van der Waals surface area (Å²) in [7, 11) is -3.82. The van der Waals surface area contributed by atoms with Crippen molar-refractivity contribution in [3.8, 4) is 0 Å². The topological polar surface area (TPSA) is 81.4 Å². The molecule has 0 aromatic heterocycles. The third kappa shape index (κ3) is 2.80. The van der Waals surface area contributed by atoms with Gasteiger partial charge in [-0.1, -0.05) is 11.6 Å². The van der Waals surface area contributed by atoms with Crippen LogP contribution in [0.5, 0.6) is 0 Å². The normalized spacial score (nSPS) is 28.2. The lowest BCUT2D eigenvalue weighted by molar-refractivity contribution is 0.0996. The van der Waals surface area contributed by atoms with Crippen molar-refractivity contribution >= 4 is 21.6 Å². The van der Waals surface area contributed by atoms with Crippen LogP contribution >= 0.6 is 11.6 Å². The second-order valence-corrected chi connectivity index (χ2v) is 7.51. The lowest BCUT2D eigenvalue weighted by atomic mass is 9.96. The highest BCUT2D eigenvalue weighted by molar-refractivity contribution is 7.89. The van der Waals surface area contributed by atoms with Gasteiger partial charge in [-0.05, 0) is 37.0 Å². The molecule has 2 aliphatic heterocycles. The van der Waals surface area contributed by atoms with Crippen LogP contribution in [0, 0.1) is 5.82 Å². The van der Waals surface area contributed by atoms with Crippen LogP contribution in [0.15, 0.2) is 17.0 Å². The van der Waals surface area contributed by atoms with E-state index in [1.54, 1.807) is 0 Å². The molecule has 8 heteroatoms. The molecule has 2 heterocycles. The summed E-state index contributed by atoms with van der Waals surface area (Å²) in [5.41, 5.74) is 5.72. The van der Waals surface area contributed by atoms with Crippen molar-refractivity contribution in [1.82, 2.24) is 4.72 Å². The second kappa shape index (κ2) is 5.48. The van der Waals surface area contributed by atoms with Crippen LogP contribution < -0.4 is 10.5 Å². The maximum Gasteiger partial charge on any atom is 0.241 e. The lowest BCUT2D eigenvalue weighted by Crippen LogP contribution is -2.41. The van der Waals surface area contributed by atoms with Gasteiger partial charge in [-0.2, -0.15) is 0 Å². The molecule has 0 radical (unpaired) electrons. The average Bonchev–Trinajstić information content (AvgIpc) is 3.03. The van der Waals surface area contributed by atoms with Crippen molar-refractivity contribution in [2.24, 2.45) is 5.73 Å². The third-order valence-corrected chi connectivity index (χ3v) is 5.91. The van der Waals surface area contributed by atoms with Gasteiger partial charge in [0.15, 0.2) is 0 Å². The van der Waals surface area contributed by atoms with Crippen LogP contribution in [0.4, 0.5) is 4.39 Å². The van der Waals surface area contributed by atoms with Gasteiger partial charge in [0.1, 0.15) is 5.82 Å². The number of halogens is 2. The number of ether oxygens (including phenoxy) is 1. The van der Waals surface area contributed by atoms with Gasteiger partial charge in [0.25, 0.3) is 0 Å². The zero-order chi connectivity index (χ0) is 15.2. The fourth-order valence-corrected chi connectivity index (χ4v) is 4.48. The lowest BCUT2D eigenvalue weighted by Gasteiger charge is -2.20. The number of nitrogens with two attached hydrogens (primary N) is 1. The summed E-state index contributed by atoms with van der Waals surface area (Å²) in [5.74, 6) is -0.788. The molecule has 2 fully saturated rings. The molecule has 5 nitrogen and oxygen atoms in total. The Morgan fingerprint density at radius 2 is 2.19 bits per heavy atom. The molecule has 2 aliphatic rings. The molecular formula is C13H16ClFN2O3S. The minimum atomic E-state index is -3.82. The Morgan fingerprint density at radius 1 is 1.43 bits per heavy atom. The summed E-state index contributed by atoms with van der Waals surface area (Å²) in [6.07, 6.45) is 2.51. The molecule has 1 aromatic rings. The van der Waals surface area contributed by atoms with Gasteiger partial charge in [0, 0.05) is 6.54 Å². The number of hydrogen-bond acceptors (Lipinski definition) is 4. The van der Waals surface area contributed by atoms with E-state index in [0.717, 1.165) is 18.9 Å². The summed E-state index contributed by atoms with van der Waals surface area (Å²) >= 11 is 5.75. The van der Waals surface area contributed by atoms with Crippen LogP contribution in [0.25, 0.3) is 0 Å². The molecule has 1 aromatic carbocycles. The van der Waals surface area contributed by atoms with E-state index < -0.39 is 15.8 Å². The van der Waals surface area contributed by atoms with Gasteiger partial charge in [0.2, 0.25) is 10.0 Å². The Morgan fingerprint density at radius 3 is 2.76 bits per heavy atom. The predicted molar refractivity (Wildman–Crippen MR) is 75.9 cm³/mol. The van der Waals surface area contributed by atoms with Gasteiger partial charge >= 0.3 is 0 Å². The maximum atomic E-state index is 13.7. The molecule has 3 atom stereocenters. The smallest absolute Gasteiger partial charge is 0.241 e. The molecule has 2 bridgehead atoms. The van der Waals surface area contributed by atoms with E-state index in [1.807, 2.05) is 0 Å². The maximum absolute atomic E-state index is 13.7. The van der Waals surface area contributed by atoms with Gasteiger partial charge < -0.3 is 10.5 Å². The minimum absolute atomic E-state index is 0.0314. The summed E-state index contributed by atoms with van der Waals surface area (Å²) in [6.45, 7) is -0.0314. The molecule has 21 heavy (non-hydrogen) atoms. The van der Waals surface area contributed by atoms with Gasteiger partial charge in [-0.15, -0.1) is 0 Å². The molecular weight excluding hydrogens is 319 g/mol. The molecule has 3 unspecified atom stereocenters. The van der Waals surface area contributed by atoms with Crippen LogP contribution in [0.2, 0.25) is 5.02 Å². The second-order valence-electron chi connectivity index (χ2n) is 5.42. The van der Waals surface area contributed by atoms with Crippen LogP contribution in [0.3, 0.4) is 0 Å². The average molecular weight is 335 g/mol. The highest BCUT2D eigenvalue weighted by Crippen LogP contribution is 2.35. The van der Waals surface area contributed by atoms with Crippen molar-refractivity contribution in [3.63, 3.8) is 0 Å². The fraction of sp³-hybridized carbons (Fsp3) is 0.538. The van der Waals surface area contributed by atoms with E-state index in [2.05, 4.69) is 4.72 Å². The number of rotatable bonds is 4. The largest absolute Gasteiger partial charge is 0.373 e. The van der Waals surface area contributed by atoms with Crippen molar-refractivity contribution in [2.75, 3.05) is 0 Å². The van der Waals surface area contributed by atoms with Crippen LogP contribution in [-0.4, -0.2) is 26.7 Å². The Labute approximate surface area is 127 Å². The summed E-state index contributed by atoms with van der Waals surface area (Å²) < 4.78 is 46.7. The molecule has 3 N–H and O–H groups in total. The first-order chi connectivity index (χ1) is 9.90. The van der Waals surface area contributed by atoms with Crippen LogP contribution in [-0.2, 0) is 21.3 Å². The number of benzene rings is 1. The number of fused-ring (bicyclic) bond motifs is 2. The first kappa shape index (κ1) is 15.2. The van der Waals surface area contributed by atoms with Crippen molar-refractivity contribution in [1.29, 1.82) is 0 Å². The molecule has 0 aliphatic carbocycles. The van der Waals surface area contributed by atoms with Crippen LogP contribution in [0.1, 0.15) is 24.8 Å². The molecule has 116 valence electrons. The van der Waals surface area contributed by atoms with Crippen molar-refractivity contribution in [2.45, 2.75) is 49.0 Å². The SMILES string of the molecule is NCc1cc(S(=O)(=O)NC2CC3CCC2O3)cc(F)c1Cl. The molecule has 2 saturated heterocycles. The highest BCUT2D eigenvalue weighted by Gasteiger charge is 2.42. The number of sulfonamides is 1. The Kier molecular flexibility index (Phi) is 3.96. The fourth-order valence-electron chi connectivity index (χ4n) is 2.95. The highest BCUT2D eigenvalue weighted by atomic mass is 35.5. The van der Waals surface area contributed by atoms with Gasteiger partial charge in [0.05, 0.1) is 28.2 Å². The number of hydrogen-bond donors (Lipinski definition) is 2. The van der Waals surface area contributed by atoms with Crippen molar-refractivity contribution in [3.05, 3.63) is 28.5 Å². The third-order valence-electron chi connectivity index (χ3n) is 4.02. The van der Waals surface area contributed by atoms with E-state index in [9.17, 15) is 12.8 Å². The quantitative estimate of drug-likeness (QED) is 0.875. The van der Waals surface area contributed by atoms with Gasteiger partial charge in [-0.25, -0.2) is 17.5 Å². The Balaban J connectivity index is 1.86. The van der Waals surface area contributed by atoms with E-state index in [1.165, 1.54) is 6.07 Å². The zero-order valence-electron chi connectivity index (χ0n) is 11.2. The number of nitrogens with one attached hydrogen (secondary N) is 1. The molecule has 0 spiro atoms. The molecule has 0 amide bonds. The first-order valence-electron chi connectivity index (χ1n) is 6.76. The minimum Gasteiger partial charge on any atom is -0.373 e. The van der Waals surface area contributed by atoms with Gasteiger partial charge in [-0.3, -0.25) is 0 Å². The summed E-state index contributed by atoms with van der Waals surface area (Å²) in [5, 5.41) is -0.139. The van der Waals surface area contributed by atoms with Crippen molar-refractivity contribution < 1.29 is 17.5 Å². The molecule has 3 rings (SSSR count). The predicted octanol–water partition coefficient (Wildman–Crippen LogP) is 1.54. The van der Waals surface area contributed by atoms with E-state index >= 15 is 0 Å². The molecule has 0 saturated carbocycles. The summed E-state index contributed by atoms with van der Waals surface area (Å²) in [4.78, 5) is -0.160. The van der Waals surface area contributed by atoms with E-state index in [4.69, 9.17) is 22.1 Å². The monoisotopic (exact) mass is 334 g/mol. The standard InChI is InChI=1S/C13H16ClFN2O3S/c14-13-7(6-16)3-9(5-10(13)15)21(18,19)17-11-4-8-1-2-12(11)20-8/h3,5,8,11-12,17H,1-2,4,6,16H2. The summed E-state index contributed by atoms with van der Waals surface area (Å²) in [6, 6.07) is 1.97. The van der Waals surface area contributed by atoms with E-state index in [0.29, 0.717) is 6.42 Å². The zero-order valence-corrected chi connectivity index (χ0v) is 12.8. The van der Waals surface area contributed by atoms with E-state index in [-0.39, 0.29) is 40.3 Å². The Bertz CT molecular complexity index is 668. The first-order valence-corrected chi connectivity index (χ1v) is 8.62. The Hall–Kier alpha value is -0.730.